The molecule has 1 rings (SSSR count). The van der Waals surface area contributed by atoms with Crippen molar-refractivity contribution in [1.29, 1.82) is 0 Å². The van der Waals surface area contributed by atoms with Crippen LogP contribution < -0.4 is 11.1 Å². The van der Waals surface area contributed by atoms with Gasteiger partial charge in [-0.25, -0.2) is 0 Å². The summed E-state index contributed by atoms with van der Waals surface area (Å²) in [7, 11) is 0. The molecule has 5 heteroatoms. The fourth-order valence-corrected chi connectivity index (χ4v) is 2.58. The number of likely N-dealkylation sites (tertiary alicyclic amines) is 1. The first kappa shape index (κ1) is 16.4. The van der Waals surface area contributed by atoms with Gasteiger partial charge in [-0.3, -0.25) is 4.79 Å². The van der Waals surface area contributed by atoms with E-state index in [2.05, 4.69) is 12.2 Å². The van der Waals surface area contributed by atoms with Gasteiger partial charge >= 0.3 is 0 Å². The van der Waals surface area contributed by atoms with Crippen LogP contribution in [0.4, 0.5) is 0 Å². The van der Waals surface area contributed by atoms with Gasteiger partial charge in [-0.1, -0.05) is 0 Å². The number of aliphatic hydroxyl groups excluding tert-OH is 1. The van der Waals surface area contributed by atoms with Gasteiger partial charge in [0.1, 0.15) is 0 Å². The summed E-state index contributed by atoms with van der Waals surface area (Å²) in [6, 6.07) is 0.331. The van der Waals surface area contributed by atoms with E-state index in [1.54, 1.807) is 0 Å². The molecule has 2 unspecified atom stereocenters. The van der Waals surface area contributed by atoms with Gasteiger partial charge in [0, 0.05) is 44.7 Å². The molecule has 1 aliphatic rings. The summed E-state index contributed by atoms with van der Waals surface area (Å²) in [6.45, 7) is 4.56. The van der Waals surface area contributed by atoms with Crippen molar-refractivity contribution in [2.24, 2.45) is 5.73 Å². The van der Waals surface area contributed by atoms with Gasteiger partial charge < -0.3 is 21.1 Å². The molecule has 0 aromatic heterocycles. The highest BCUT2D eigenvalue weighted by Gasteiger charge is 2.20. The van der Waals surface area contributed by atoms with E-state index < -0.39 is 0 Å². The normalized spacial score (nSPS) is 19.2. The average Bonchev–Trinajstić information content (AvgIpc) is 2.45. The molecule has 0 radical (unpaired) electrons. The van der Waals surface area contributed by atoms with Crippen molar-refractivity contribution < 1.29 is 9.90 Å². The molecule has 1 aliphatic heterocycles. The molecule has 1 saturated heterocycles. The Morgan fingerprint density at radius 3 is 2.63 bits per heavy atom. The van der Waals surface area contributed by atoms with Crippen molar-refractivity contribution in [3.8, 4) is 0 Å². The van der Waals surface area contributed by atoms with Crippen LogP contribution in [0.2, 0.25) is 0 Å². The maximum Gasteiger partial charge on any atom is 0.224 e. The van der Waals surface area contributed by atoms with Gasteiger partial charge in [0.15, 0.2) is 0 Å². The Bertz CT molecular complexity index is 255. The first-order valence-corrected chi connectivity index (χ1v) is 7.52. The largest absolute Gasteiger partial charge is 0.396 e. The van der Waals surface area contributed by atoms with Crippen LogP contribution in [-0.4, -0.2) is 54.2 Å². The molecule has 0 aromatic carbocycles. The molecule has 0 aromatic rings. The van der Waals surface area contributed by atoms with Crippen LogP contribution in [0, 0.1) is 0 Å². The van der Waals surface area contributed by atoms with Crippen molar-refractivity contribution in [2.75, 3.05) is 26.2 Å². The number of hydrogen-bond donors (Lipinski definition) is 3. The minimum atomic E-state index is 0.0446. The van der Waals surface area contributed by atoms with Gasteiger partial charge in [-0.15, -0.1) is 0 Å². The minimum absolute atomic E-state index is 0.0446. The summed E-state index contributed by atoms with van der Waals surface area (Å²) < 4.78 is 0. The zero-order valence-electron chi connectivity index (χ0n) is 12.1. The Hall–Kier alpha value is -0.650. The van der Waals surface area contributed by atoms with E-state index in [4.69, 9.17) is 10.8 Å². The van der Waals surface area contributed by atoms with Crippen molar-refractivity contribution in [1.82, 2.24) is 10.2 Å². The molecule has 4 N–H and O–H groups in total. The van der Waals surface area contributed by atoms with Crippen LogP contribution in [0.15, 0.2) is 0 Å². The summed E-state index contributed by atoms with van der Waals surface area (Å²) in [4.78, 5) is 14.1. The molecular formula is C14H29N3O2. The summed E-state index contributed by atoms with van der Waals surface area (Å²) in [6.07, 6.45) is 5.66. The quantitative estimate of drug-likeness (QED) is 0.599. The van der Waals surface area contributed by atoms with Crippen LogP contribution >= 0.6 is 0 Å². The zero-order valence-corrected chi connectivity index (χ0v) is 12.1. The number of nitrogens with zero attached hydrogens (tertiary/aromatic N) is 1. The van der Waals surface area contributed by atoms with Gasteiger partial charge in [-0.2, -0.15) is 0 Å². The molecule has 112 valence electrons. The lowest BCUT2D eigenvalue weighted by molar-refractivity contribution is -0.132. The second-order valence-corrected chi connectivity index (χ2v) is 5.51. The minimum Gasteiger partial charge on any atom is -0.396 e. The molecule has 0 spiro atoms. The number of nitrogens with one attached hydrogen (secondary N) is 1. The Labute approximate surface area is 116 Å². The molecule has 1 amide bonds. The van der Waals surface area contributed by atoms with Crippen molar-refractivity contribution in [2.45, 2.75) is 57.5 Å². The summed E-state index contributed by atoms with van der Waals surface area (Å²) in [5.41, 5.74) is 5.74. The Morgan fingerprint density at radius 2 is 2.05 bits per heavy atom. The van der Waals surface area contributed by atoms with Crippen LogP contribution in [0.25, 0.3) is 0 Å². The smallest absolute Gasteiger partial charge is 0.224 e. The number of carbonyl (C=O) groups is 1. The first-order chi connectivity index (χ1) is 9.17. The second kappa shape index (κ2) is 9.28. The van der Waals surface area contributed by atoms with Crippen LogP contribution in [0.1, 0.15) is 45.4 Å². The van der Waals surface area contributed by atoms with E-state index in [9.17, 15) is 4.79 Å². The van der Waals surface area contributed by atoms with E-state index in [0.717, 1.165) is 38.8 Å². The first-order valence-electron chi connectivity index (χ1n) is 7.52. The second-order valence-electron chi connectivity index (χ2n) is 5.51. The van der Waals surface area contributed by atoms with Crippen LogP contribution in [0.5, 0.6) is 0 Å². The summed E-state index contributed by atoms with van der Waals surface area (Å²) in [5.74, 6) is 0.219. The SMILES string of the molecule is CC(CCCO)NC(CN)CC(=O)N1CCCCC1. The molecule has 0 aliphatic carbocycles. The molecule has 1 heterocycles. The fourth-order valence-electron chi connectivity index (χ4n) is 2.58. The monoisotopic (exact) mass is 271 g/mol. The molecule has 0 bridgehead atoms. The van der Waals surface area contributed by atoms with Crippen molar-refractivity contribution >= 4 is 5.91 Å². The third-order valence-electron chi connectivity index (χ3n) is 3.73. The molecular weight excluding hydrogens is 242 g/mol. The number of carbonyl (C=O) groups excluding carboxylic acids is 1. The average molecular weight is 271 g/mol. The van der Waals surface area contributed by atoms with Gasteiger partial charge in [0.25, 0.3) is 0 Å². The predicted octanol–water partition coefficient (Wildman–Crippen LogP) is 0.467. The van der Waals surface area contributed by atoms with Crippen LogP contribution in [0.3, 0.4) is 0 Å². The zero-order chi connectivity index (χ0) is 14.1. The predicted molar refractivity (Wildman–Crippen MR) is 76.8 cm³/mol. The molecule has 0 saturated carbocycles. The number of hydrogen-bond acceptors (Lipinski definition) is 4. The number of aliphatic hydroxyl groups is 1. The van der Waals surface area contributed by atoms with Gasteiger partial charge in [0.2, 0.25) is 5.91 Å². The lowest BCUT2D eigenvalue weighted by atomic mass is 10.1. The van der Waals surface area contributed by atoms with Gasteiger partial charge in [0.05, 0.1) is 0 Å². The standard InChI is InChI=1S/C14H29N3O2/c1-12(6-5-9-18)16-13(11-15)10-14(19)17-7-3-2-4-8-17/h12-13,16,18H,2-11,15H2,1H3. The lowest BCUT2D eigenvalue weighted by Gasteiger charge is -2.29. The Morgan fingerprint density at radius 1 is 1.37 bits per heavy atom. The lowest BCUT2D eigenvalue weighted by Crippen LogP contribution is -2.46. The summed E-state index contributed by atoms with van der Waals surface area (Å²) >= 11 is 0. The Kier molecular flexibility index (Phi) is 8.02. The third-order valence-corrected chi connectivity index (χ3v) is 3.73. The third kappa shape index (κ3) is 6.36. The van der Waals surface area contributed by atoms with E-state index >= 15 is 0 Å². The molecule has 2 atom stereocenters. The molecule has 19 heavy (non-hydrogen) atoms. The fraction of sp³-hybridized carbons (Fsp3) is 0.929. The van der Waals surface area contributed by atoms with E-state index in [1.165, 1.54) is 6.42 Å². The Balaban J connectivity index is 2.31. The number of nitrogens with two attached hydrogens (primary N) is 1. The highest BCUT2D eigenvalue weighted by molar-refractivity contribution is 5.76. The number of amides is 1. The summed E-state index contributed by atoms with van der Waals surface area (Å²) in [5, 5.41) is 12.2. The van der Waals surface area contributed by atoms with E-state index in [0.29, 0.717) is 13.0 Å². The van der Waals surface area contributed by atoms with Crippen molar-refractivity contribution in [3.05, 3.63) is 0 Å². The highest BCUT2D eigenvalue weighted by atomic mass is 16.2. The number of rotatable bonds is 8. The maximum atomic E-state index is 12.2. The van der Waals surface area contributed by atoms with E-state index in [-0.39, 0.29) is 24.6 Å². The topological polar surface area (TPSA) is 78.6 Å². The van der Waals surface area contributed by atoms with Gasteiger partial charge in [-0.05, 0) is 39.0 Å². The highest BCUT2D eigenvalue weighted by Crippen LogP contribution is 2.11. The molecule has 1 fully saturated rings. The number of piperidine rings is 1. The van der Waals surface area contributed by atoms with Crippen LogP contribution in [-0.2, 0) is 4.79 Å². The molecule has 5 nitrogen and oxygen atoms in total. The maximum absolute atomic E-state index is 12.2. The van der Waals surface area contributed by atoms with E-state index in [1.807, 2.05) is 4.90 Å². The van der Waals surface area contributed by atoms with Crippen molar-refractivity contribution in [3.63, 3.8) is 0 Å².